The first-order valence-corrected chi connectivity index (χ1v) is 10.8. The number of carboxylic acid groups (broad SMARTS) is 2. The monoisotopic (exact) mass is 492 g/mol. The van der Waals surface area contributed by atoms with Crippen molar-refractivity contribution >= 4 is 63.3 Å². The van der Waals surface area contributed by atoms with Crippen LogP contribution >= 0.6 is 11.8 Å². The Hall–Kier alpha value is -4.64. The number of hydrogen-bond acceptors (Lipinski definition) is 7. The van der Waals surface area contributed by atoms with Crippen LogP contribution in [0.5, 0.6) is 5.75 Å². The molecule has 35 heavy (non-hydrogen) atoms. The van der Waals surface area contributed by atoms with E-state index in [9.17, 15) is 24.0 Å². The lowest BCUT2D eigenvalue weighted by Gasteiger charge is -2.12. The van der Waals surface area contributed by atoms with Crippen molar-refractivity contribution in [3.8, 4) is 5.75 Å². The third kappa shape index (κ3) is 5.31. The maximum Gasteiger partial charge on any atom is 0.335 e. The van der Waals surface area contributed by atoms with E-state index in [1.807, 2.05) is 0 Å². The second kappa shape index (κ2) is 9.69. The highest BCUT2D eigenvalue weighted by Crippen LogP contribution is 2.32. The molecular weight excluding hydrogens is 476 g/mol. The van der Waals surface area contributed by atoms with Crippen LogP contribution in [0.15, 0.2) is 59.5 Å². The third-order valence-electron chi connectivity index (χ3n) is 4.92. The second-order valence-electron chi connectivity index (χ2n) is 7.30. The van der Waals surface area contributed by atoms with Gasteiger partial charge in [-0.1, -0.05) is 30.3 Å². The number of carboxylic acids is 2. The molecule has 1 fully saturated rings. The minimum absolute atomic E-state index is 0.00428. The molecule has 0 spiro atoms. The first-order chi connectivity index (χ1) is 16.7. The Kier molecular flexibility index (Phi) is 6.51. The molecule has 3 amide bonds. The van der Waals surface area contributed by atoms with E-state index in [1.54, 1.807) is 42.5 Å². The minimum Gasteiger partial charge on any atom is -0.483 e. The molecule has 1 heterocycles. The van der Waals surface area contributed by atoms with Crippen LogP contribution in [0.25, 0.3) is 16.8 Å². The summed E-state index contributed by atoms with van der Waals surface area (Å²) >= 11 is 0.806. The van der Waals surface area contributed by atoms with Crippen LogP contribution in [0.1, 0.15) is 26.3 Å². The molecule has 0 aromatic heterocycles. The SMILES string of the molecule is O=C(COc1ccc(/C=C2/SC(=O)NC2=O)c2ccccc12)Nc1cc(C(=O)O)cc(C(=O)O)c1. The highest BCUT2D eigenvalue weighted by molar-refractivity contribution is 8.18. The summed E-state index contributed by atoms with van der Waals surface area (Å²) in [5.41, 5.74) is 0.112. The highest BCUT2D eigenvalue weighted by Gasteiger charge is 2.25. The molecule has 10 nitrogen and oxygen atoms in total. The van der Waals surface area contributed by atoms with Crippen LogP contribution in [0.3, 0.4) is 0 Å². The molecule has 0 radical (unpaired) electrons. The van der Waals surface area contributed by atoms with E-state index >= 15 is 0 Å². The lowest BCUT2D eigenvalue weighted by Crippen LogP contribution is -2.20. The lowest BCUT2D eigenvalue weighted by atomic mass is 10.0. The molecule has 1 aliphatic rings. The van der Waals surface area contributed by atoms with Gasteiger partial charge in [-0.25, -0.2) is 9.59 Å². The van der Waals surface area contributed by atoms with Gasteiger partial charge in [0.25, 0.3) is 17.1 Å². The van der Waals surface area contributed by atoms with Gasteiger partial charge in [0, 0.05) is 11.1 Å². The highest BCUT2D eigenvalue weighted by atomic mass is 32.2. The molecule has 1 saturated heterocycles. The fraction of sp³-hybridized carbons (Fsp3) is 0.0417. The van der Waals surface area contributed by atoms with E-state index in [0.29, 0.717) is 16.7 Å². The molecule has 0 unspecified atom stereocenters. The molecular formula is C24H16N2O8S. The number of nitrogens with one attached hydrogen (secondary N) is 2. The maximum absolute atomic E-state index is 12.4. The zero-order valence-electron chi connectivity index (χ0n) is 17.7. The normalized spacial score (nSPS) is 14.1. The molecule has 0 bridgehead atoms. The number of imide groups is 1. The van der Waals surface area contributed by atoms with Gasteiger partial charge in [-0.15, -0.1) is 0 Å². The zero-order valence-corrected chi connectivity index (χ0v) is 18.5. The fourth-order valence-electron chi connectivity index (χ4n) is 3.40. The molecule has 1 aliphatic heterocycles. The number of hydrogen-bond donors (Lipinski definition) is 4. The summed E-state index contributed by atoms with van der Waals surface area (Å²) in [6.45, 7) is -0.434. The molecule has 176 valence electrons. The van der Waals surface area contributed by atoms with Crippen LogP contribution in [0, 0.1) is 0 Å². The van der Waals surface area contributed by atoms with Crippen molar-refractivity contribution in [1.82, 2.24) is 5.32 Å². The van der Waals surface area contributed by atoms with Gasteiger partial charge in [0.05, 0.1) is 16.0 Å². The smallest absolute Gasteiger partial charge is 0.335 e. The minimum atomic E-state index is -1.33. The topological polar surface area (TPSA) is 159 Å². The molecule has 0 saturated carbocycles. The van der Waals surface area contributed by atoms with Crippen molar-refractivity contribution in [2.45, 2.75) is 0 Å². The fourth-order valence-corrected chi connectivity index (χ4v) is 4.07. The maximum atomic E-state index is 12.4. The summed E-state index contributed by atoms with van der Waals surface area (Å²) in [4.78, 5) is 58.5. The van der Waals surface area contributed by atoms with Gasteiger partial charge in [-0.2, -0.15) is 0 Å². The molecule has 3 aromatic rings. The van der Waals surface area contributed by atoms with Crippen LogP contribution in [0.4, 0.5) is 10.5 Å². The zero-order chi connectivity index (χ0) is 25.1. The van der Waals surface area contributed by atoms with Crippen LogP contribution in [0.2, 0.25) is 0 Å². The Labute approximate surface area is 201 Å². The van der Waals surface area contributed by atoms with Crippen molar-refractivity contribution in [1.29, 1.82) is 0 Å². The van der Waals surface area contributed by atoms with Gasteiger partial charge >= 0.3 is 11.9 Å². The summed E-state index contributed by atoms with van der Waals surface area (Å²) in [6.07, 6.45) is 1.60. The Bertz CT molecular complexity index is 1410. The average Bonchev–Trinajstić information content (AvgIpc) is 3.14. The number of rotatable bonds is 7. The number of carbonyl (C=O) groups excluding carboxylic acids is 3. The van der Waals surface area contributed by atoms with Gasteiger partial charge in [-0.05, 0) is 53.1 Å². The first-order valence-electron chi connectivity index (χ1n) is 10.0. The third-order valence-corrected chi connectivity index (χ3v) is 5.73. The van der Waals surface area contributed by atoms with E-state index in [4.69, 9.17) is 14.9 Å². The first kappa shape index (κ1) is 23.5. The molecule has 3 aromatic carbocycles. The van der Waals surface area contributed by atoms with Gasteiger partial charge in [0.1, 0.15) is 5.75 Å². The second-order valence-corrected chi connectivity index (χ2v) is 8.31. The number of benzene rings is 3. The summed E-state index contributed by atoms with van der Waals surface area (Å²) in [5, 5.41) is 23.9. The van der Waals surface area contributed by atoms with Crippen molar-refractivity contribution in [2.24, 2.45) is 0 Å². The van der Waals surface area contributed by atoms with E-state index < -0.39 is 35.6 Å². The van der Waals surface area contributed by atoms with E-state index in [0.717, 1.165) is 35.3 Å². The lowest BCUT2D eigenvalue weighted by molar-refractivity contribution is -0.118. The number of carbonyl (C=O) groups is 5. The average molecular weight is 492 g/mol. The summed E-state index contributed by atoms with van der Waals surface area (Å²) in [6, 6.07) is 13.7. The summed E-state index contributed by atoms with van der Waals surface area (Å²) in [5.74, 6) is -3.39. The Morgan fingerprint density at radius 2 is 1.60 bits per heavy atom. The van der Waals surface area contributed by atoms with Gasteiger partial charge in [0.2, 0.25) is 0 Å². The Morgan fingerprint density at radius 3 is 2.20 bits per heavy atom. The number of fused-ring (bicyclic) bond motifs is 1. The predicted molar refractivity (Wildman–Crippen MR) is 128 cm³/mol. The van der Waals surface area contributed by atoms with Crippen molar-refractivity contribution < 1.29 is 38.9 Å². The van der Waals surface area contributed by atoms with E-state index in [-0.39, 0.29) is 21.7 Å². The van der Waals surface area contributed by atoms with E-state index in [1.165, 1.54) is 0 Å². The van der Waals surface area contributed by atoms with Crippen molar-refractivity contribution in [3.63, 3.8) is 0 Å². The molecule has 4 rings (SSSR count). The number of thioether (sulfide) groups is 1. The molecule has 11 heteroatoms. The van der Waals surface area contributed by atoms with Crippen molar-refractivity contribution in [3.05, 3.63) is 76.2 Å². The van der Waals surface area contributed by atoms with Gasteiger partial charge in [-0.3, -0.25) is 19.7 Å². The van der Waals surface area contributed by atoms with Crippen molar-refractivity contribution in [2.75, 3.05) is 11.9 Å². The number of ether oxygens (including phenoxy) is 1. The van der Waals surface area contributed by atoms with Crippen LogP contribution in [-0.2, 0) is 9.59 Å². The Balaban J connectivity index is 1.53. The molecule has 0 atom stereocenters. The number of anilines is 1. The van der Waals surface area contributed by atoms with Crippen LogP contribution < -0.4 is 15.4 Å². The van der Waals surface area contributed by atoms with Gasteiger partial charge in [0.15, 0.2) is 6.61 Å². The number of aromatic carboxylic acids is 2. The quantitative estimate of drug-likeness (QED) is 0.362. The largest absolute Gasteiger partial charge is 0.483 e. The standard InChI is InChI=1S/C24H16N2O8S/c27-20(25-15-8-13(22(29)30)7-14(9-15)23(31)32)11-34-18-6-5-12(16-3-1-2-4-17(16)18)10-19-21(28)26-24(33)35-19/h1-10H,11H2,(H,25,27)(H,29,30)(H,31,32)(H,26,28,33)/b19-10+. The van der Waals surface area contributed by atoms with E-state index in [2.05, 4.69) is 10.6 Å². The molecule has 0 aliphatic carbocycles. The summed E-state index contributed by atoms with van der Waals surface area (Å²) < 4.78 is 5.67. The Morgan fingerprint density at radius 1 is 0.943 bits per heavy atom. The van der Waals surface area contributed by atoms with Crippen LogP contribution in [-0.4, -0.2) is 45.8 Å². The van der Waals surface area contributed by atoms with Gasteiger partial charge < -0.3 is 20.3 Å². The molecule has 4 N–H and O–H groups in total. The summed E-state index contributed by atoms with van der Waals surface area (Å²) in [7, 11) is 0. The predicted octanol–water partition coefficient (Wildman–Crippen LogP) is 3.58. The number of amides is 3.